The van der Waals surface area contributed by atoms with Gasteiger partial charge in [0.25, 0.3) is 11.8 Å². The molecule has 1 atom stereocenters. The highest BCUT2D eigenvalue weighted by Gasteiger charge is 2.45. The molecule has 0 saturated carbocycles. The summed E-state index contributed by atoms with van der Waals surface area (Å²) >= 11 is 0. The monoisotopic (exact) mass is 601 g/mol. The van der Waals surface area contributed by atoms with Crippen molar-refractivity contribution in [3.63, 3.8) is 0 Å². The minimum Gasteiger partial charge on any atom is -0.444 e. The van der Waals surface area contributed by atoms with Crippen molar-refractivity contribution in [2.24, 2.45) is 0 Å². The average molecular weight is 602 g/mol. The molecule has 3 N–H and O–H groups in total. The molecule has 234 valence electrons. The Labute approximate surface area is 249 Å². The number of nitrogens with zero attached hydrogens (tertiary/aromatic N) is 2. The number of ether oxygens (including phenoxy) is 3. The van der Waals surface area contributed by atoms with E-state index in [4.69, 9.17) is 14.2 Å². The standard InChI is InChI=1S/C29H39N5O9/c1-29(2,3)43-28(40)30-18-9-11-33(12-10-18)13-14-41-15-16-42-17-23(36)31-20-6-4-5-19-24(20)27(39)34(26(19)38)21-7-8-22(35)32-25(21)37/h4-6,18,21H,7-17H2,1-3H3,(H,30,40)(H,31,36)(H,32,35,37). The quantitative estimate of drug-likeness (QED) is 0.246. The molecule has 43 heavy (non-hydrogen) atoms. The second-order valence-corrected chi connectivity index (χ2v) is 11.7. The number of anilines is 1. The average Bonchev–Trinajstić information content (AvgIpc) is 3.18. The first-order valence-corrected chi connectivity index (χ1v) is 14.4. The van der Waals surface area contributed by atoms with E-state index in [2.05, 4.69) is 20.9 Å². The Bertz CT molecular complexity index is 1250. The molecule has 0 radical (unpaired) electrons. The van der Waals surface area contributed by atoms with Crippen LogP contribution in [0.4, 0.5) is 10.5 Å². The molecule has 0 aliphatic carbocycles. The molecule has 1 aromatic rings. The second kappa shape index (κ2) is 14.1. The summed E-state index contributed by atoms with van der Waals surface area (Å²) in [5, 5.41) is 7.68. The van der Waals surface area contributed by atoms with Gasteiger partial charge in [-0.25, -0.2) is 4.79 Å². The van der Waals surface area contributed by atoms with Gasteiger partial charge in [-0.1, -0.05) is 6.07 Å². The van der Waals surface area contributed by atoms with Crippen molar-refractivity contribution >= 4 is 41.3 Å². The minimum absolute atomic E-state index is 0.00135. The van der Waals surface area contributed by atoms with Gasteiger partial charge in [-0.2, -0.15) is 0 Å². The Kier molecular flexibility index (Phi) is 10.5. The summed E-state index contributed by atoms with van der Waals surface area (Å²) in [5.74, 6) is -3.04. The number of hydrogen-bond acceptors (Lipinski definition) is 10. The number of imide groups is 2. The van der Waals surface area contributed by atoms with Crippen molar-refractivity contribution in [1.29, 1.82) is 0 Å². The first-order valence-electron chi connectivity index (χ1n) is 14.4. The highest BCUT2D eigenvalue weighted by Crippen LogP contribution is 2.32. The number of nitrogens with one attached hydrogen (secondary N) is 3. The van der Waals surface area contributed by atoms with E-state index < -0.39 is 47.3 Å². The third-order valence-electron chi connectivity index (χ3n) is 7.21. The normalized spacial score (nSPS) is 19.7. The summed E-state index contributed by atoms with van der Waals surface area (Å²) < 4.78 is 16.3. The zero-order valence-electron chi connectivity index (χ0n) is 24.7. The van der Waals surface area contributed by atoms with Gasteiger partial charge in [-0.3, -0.25) is 34.2 Å². The number of carbonyl (C=O) groups is 6. The molecule has 2 fully saturated rings. The molecule has 14 heteroatoms. The van der Waals surface area contributed by atoms with Gasteiger partial charge >= 0.3 is 6.09 Å². The van der Waals surface area contributed by atoms with Gasteiger partial charge in [0.2, 0.25) is 17.7 Å². The highest BCUT2D eigenvalue weighted by molar-refractivity contribution is 6.26. The Hall–Kier alpha value is -3.88. The number of benzene rings is 1. The summed E-state index contributed by atoms with van der Waals surface area (Å²) in [5.41, 5.74) is -0.312. The maximum absolute atomic E-state index is 13.1. The molecular weight excluding hydrogens is 562 g/mol. The van der Waals surface area contributed by atoms with E-state index in [9.17, 15) is 28.8 Å². The van der Waals surface area contributed by atoms with Gasteiger partial charge in [-0.05, 0) is 52.2 Å². The predicted octanol–water partition coefficient (Wildman–Crippen LogP) is 1.05. The van der Waals surface area contributed by atoms with Crippen LogP contribution in [0, 0.1) is 0 Å². The van der Waals surface area contributed by atoms with Crippen LogP contribution < -0.4 is 16.0 Å². The predicted molar refractivity (Wildman–Crippen MR) is 152 cm³/mol. The minimum atomic E-state index is -1.09. The lowest BCUT2D eigenvalue weighted by Gasteiger charge is -2.32. The molecule has 4 rings (SSSR count). The smallest absolute Gasteiger partial charge is 0.407 e. The Morgan fingerprint density at radius 3 is 2.40 bits per heavy atom. The third kappa shape index (κ3) is 8.58. The highest BCUT2D eigenvalue weighted by atomic mass is 16.6. The number of carbonyl (C=O) groups excluding carboxylic acids is 6. The van der Waals surface area contributed by atoms with Crippen molar-refractivity contribution in [3.05, 3.63) is 29.3 Å². The summed E-state index contributed by atoms with van der Waals surface area (Å²) in [7, 11) is 0. The van der Waals surface area contributed by atoms with Crippen LogP contribution in [0.15, 0.2) is 18.2 Å². The molecule has 3 aliphatic rings. The van der Waals surface area contributed by atoms with E-state index in [1.54, 1.807) is 0 Å². The maximum Gasteiger partial charge on any atom is 0.407 e. The van der Waals surface area contributed by atoms with Gasteiger partial charge in [0, 0.05) is 32.1 Å². The van der Waals surface area contributed by atoms with E-state index in [-0.39, 0.29) is 48.9 Å². The Morgan fingerprint density at radius 2 is 1.70 bits per heavy atom. The molecule has 1 aromatic carbocycles. The van der Waals surface area contributed by atoms with Crippen LogP contribution in [0.25, 0.3) is 0 Å². The molecular formula is C29H39N5O9. The van der Waals surface area contributed by atoms with Gasteiger partial charge in [0.05, 0.1) is 36.6 Å². The maximum atomic E-state index is 13.1. The van der Waals surface area contributed by atoms with Gasteiger partial charge in [-0.15, -0.1) is 0 Å². The van der Waals surface area contributed by atoms with Crippen LogP contribution >= 0.6 is 0 Å². The van der Waals surface area contributed by atoms with Crippen LogP contribution in [0.1, 0.15) is 67.2 Å². The lowest BCUT2D eigenvalue weighted by atomic mass is 10.0. The second-order valence-electron chi connectivity index (χ2n) is 11.7. The van der Waals surface area contributed by atoms with Crippen LogP contribution in [-0.4, -0.2) is 109 Å². The van der Waals surface area contributed by atoms with Gasteiger partial charge < -0.3 is 29.7 Å². The molecule has 3 heterocycles. The molecule has 0 aromatic heterocycles. The zero-order valence-corrected chi connectivity index (χ0v) is 24.7. The zero-order chi connectivity index (χ0) is 31.1. The van der Waals surface area contributed by atoms with E-state index >= 15 is 0 Å². The molecule has 3 aliphatic heterocycles. The number of fused-ring (bicyclic) bond motifs is 1. The number of rotatable bonds is 11. The van der Waals surface area contributed by atoms with Crippen LogP contribution in [-0.2, 0) is 28.6 Å². The molecule has 2 saturated heterocycles. The summed E-state index contributed by atoms with van der Waals surface area (Å²) in [6.45, 7) is 8.59. The van der Waals surface area contributed by atoms with Gasteiger partial charge in [0.1, 0.15) is 18.2 Å². The first-order chi connectivity index (χ1) is 20.4. The number of alkyl carbamates (subject to hydrolysis) is 1. The molecule has 14 nitrogen and oxygen atoms in total. The summed E-state index contributed by atoms with van der Waals surface area (Å²) in [6, 6.07) is 3.47. The Morgan fingerprint density at radius 1 is 0.977 bits per heavy atom. The Balaban J connectivity index is 1.12. The van der Waals surface area contributed by atoms with E-state index in [1.807, 2.05) is 20.8 Å². The number of amides is 6. The third-order valence-corrected chi connectivity index (χ3v) is 7.21. The largest absolute Gasteiger partial charge is 0.444 e. The molecule has 6 amide bonds. The van der Waals surface area contributed by atoms with Crippen molar-refractivity contribution in [1.82, 2.24) is 20.4 Å². The molecule has 1 unspecified atom stereocenters. The topological polar surface area (TPSA) is 173 Å². The van der Waals surface area contributed by atoms with E-state index in [1.165, 1.54) is 18.2 Å². The summed E-state index contributed by atoms with van der Waals surface area (Å²) in [4.78, 5) is 77.4. The fourth-order valence-electron chi connectivity index (χ4n) is 5.16. The van der Waals surface area contributed by atoms with Crippen molar-refractivity contribution in [3.8, 4) is 0 Å². The number of hydrogen-bond donors (Lipinski definition) is 3. The lowest BCUT2D eigenvalue weighted by molar-refractivity contribution is -0.136. The van der Waals surface area contributed by atoms with E-state index in [0.29, 0.717) is 13.2 Å². The van der Waals surface area contributed by atoms with Crippen molar-refractivity contribution in [2.75, 3.05) is 51.4 Å². The molecule has 0 bridgehead atoms. The number of likely N-dealkylation sites (tertiary alicyclic amines) is 1. The molecule has 0 spiro atoms. The SMILES string of the molecule is CC(C)(C)OC(=O)NC1CCN(CCOCCOCC(=O)Nc2cccc3c2C(=O)N(C2CCC(=O)NC2=O)C3=O)CC1. The van der Waals surface area contributed by atoms with Crippen molar-refractivity contribution in [2.45, 2.75) is 64.1 Å². The van der Waals surface area contributed by atoms with Gasteiger partial charge in [0.15, 0.2) is 0 Å². The van der Waals surface area contributed by atoms with Crippen molar-refractivity contribution < 1.29 is 43.0 Å². The lowest BCUT2D eigenvalue weighted by Crippen LogP contribution is -2.54. The first kappa shape index (κ1) is 32.0. The number of piperidine rings is 2. The van der Waals surface area contributed by atoms with E-state index in [0.717, 1.165) is 37.4 Å². The van der Waals surface area contributed by atoms with Crippen LogP contribution in [0.2, 0.25) is 0 Å². The van der Waals surface area contributed by atoms with Crippen LogP contribution in [0.5, 0.6) is 0 Å². The summed E-state index contributed by atoms with van der Waals surface area (Å²) in [6.07, 6.45) is 1.32. The van der Waals surface area contributed by atoms with Crippen LogP contribution in [0.3, 0.4) is 0 Å². The fraction of sp³-hybridized carbons (Fsp3) is 0.586. The fourth-order valence-corrected chi connectivity index (χ4v) is 5.16.